The van der Waals surface area contributed by atoms with Gasteiger partial charge in [0.05, 0.1) is 5.69 Å². The van der Waals surface area contributed by atoms with E-state index in [2.05, 4.69) is 5.32 Å². The fourth-order valence-corrected chi connectivity index (χ4v) is 1.70. The third-order valence-electron chi connectivity index (χ3n) is 2.21. The van der Waals surface area contributed by atoms with Crippen molar-refractivity contribution < 1.29 is 5.11 Å². The van der Waals surface area contributed by atoms with Crippen molar-refractivity contribution in [2.24, 2.45) is 7.05 Å². The molecule has 1 aromatic rings. The van der Waals surface area contributed by atoms with Gasteiger partial charge in [-0.15, -0.1) is 0 Å². The van der Waals surface area contributed by atoms with Crippen LogP contribution in [0.1, 0.15) is 18.2 Å². The maximum Gasteiger partial charge on any atom is 0.114 e. The van der Waals surface area contributed by atoms with Crippen LogP contribution < -0.4 is 5.32 Å². The molecular weight excluding hydrogens is 164 g/mol. The maximum absolute atomic E-state index is 10.1. The van der Waals surface area contributed by atoms with Crippen molar-refractivity contribution in [2.45, 2.75) is 19.4 Å². The lowest BCUT2D eigenvalue weighted by Crippen LogP contribution is -2.35. The van der Waals surface area contributed by atoms with Crippen LogP contribution in [0.2, 0.25) is 0 Å². The third kappa shape index (κ3) is 2.11. The number of aryl methyl sites for hydroxylation is 2. The number of hydrogen-bond donors (Lipinski definition) is 2. The summed E-state index contributed by atoms with van der Waals surface area (Å²) in [5.41, 5.74) is 1.32. The summed E-state index contributed by atoms with van der Waals surface area (Å²) >= 11 is 0. The highest BCUT2D eigenvalue weighted by molar-refractivity contribution is 5.22. The quantitative estimate of drug-likeness (QED) is 0.724. The molecule has 1 unspecified atom stereocenters. The van der Waals surface area contributed by atoms with Gasteiger partial charge in [0.15, 0.2) is 0 Å². The molecule has 0 fully saturated rings. The molecule has 0 spiro atoms. The highest BCUT2D eigenvalue weighted by atomic mass is 16.3. The first-order valence-corrected chi connectivity index (χ1v) is 4.48. The van der Waals surface area contributed by atoms with Crippen LogP contribution in [-0.4, -0.2) is 23.3 Å². The van der Waals surface area contributed by atoms with Crippen molar-refractivity contribution in [1.82, 2.24) is 9.88 Å². The van der Waals surface area contributed by atoms with E-state index >= 15 is 0 Å². The highest BCUT2D eigenvalue weighted by Gasteiger charge is 2.24. The van der Waals surface area contributed by atoms with Gasteiger partial charge in [0.25, 0.3) is 0 Å². The van der Waals surface area contributed by atoms with E-state index in [1.165, 1.54) is 5.56 Å². The van der Waals surface area contributed by atoms with Crippen molar-refractivity contribution in [3.05, 3.63) is 23.5 Å². The van der Waals surface area contributed by atoms with Gasteiger partial charge >= 0.3 is 0 Å². The van der Waals surface area contributed by atoms with Gasteiger partial charge in [0.1, 0.15) is 5.60 Å². The van der Waals surface area contributed by atoms with Crippen LogP contribution in [0.15, 0.2) is 12.3 Å². The second-order valence-corrected chi connectivity index (χ2v) is 3.82. The summed E-state index contributed by atoms with van der Waals surface area (Å²) in [4.78, 5) is 0. The van der Waals surface area contributed by atoms with Crippen molar-refractivity contribution in [1.29, 1.82) is 0 Å². The molecule has 0 aliphatic carbocycles. The Kier molecular flexibility index (Phi) is 2.78. The van der Waals surface area contributed by atoms with E-state index in [1.54, 1.807) is 0 Å². The molecule has 0 aromatic carbocycles. The Morgan fingerprint density at radius 3 is 2.62 bits per heavy atom. The van der Waals surface area contributed by atoms with E-state index in [4.69, 9.17) is 0 Å². The lowest BCUT2D eigenvalue weighted by Gasteiger charge is -2.23. The summed E-state index contributed by atoms with van der Waals surface area (Å²) in [5, 5.41) is 13.1. The molecule has 1 aromatic heterocycles. The number of rotatable bonds is 3. The van der Waals surface area contributed by atoms with Gasteiger partial charge in [-0.2, -0.15) is 0 Å². The van der Waals surface area contributed by atoms with Gasteiger partial charge in [-0.05, 0) is 32.5 Å². The van der Waals surface area contributed by atoms with Gasteiger partial charge in [0, 0.05) is 19.8 Å². The van der Waals surface area contributed by atoms with Gasteiger partial charge in [-0.3, -0.25) is 0 Å². The lowest BCUT2D eigenvalue weighted by atomic mass is 10.0. The number of nitrogens with one attached hydrogen (secondary N) is 1. The molecule has 0 aliphatic rings. The largest absolute Gasteiger partial charge is 0.383 e. The first-order chi connectivity index (χ1) is 5.97. The third-order valence-corrected chi connectivity index (χ3v) is 2.21. The molecule has 3 nitrogen and oxygen atoms in total. The summed E-state index contributed by atoms with van der Waals surface area (Å²) in [5.74, 6) is 0. The van der Waals surface area contributed by atoms with Gasteiger partial charge in [-0.1, -0.05) is 0 Å². The smallest absolute Gasteiger partial charge is 0.114 e. The molecule has 0 bridgehead atoms. The van der Waals surface area contributed by atoms with E-state index in [0.29, 0.717) is 6.54 Å². The maximum atomic E-state index is 10.1. The zero-order chi connectivity index (χ0) is 10.1. The minimum atomic E-state index is -0.794. The van der Waals surface area contributed by atoms with E-state index in [-0.39, 0.29) is 0 Å². The monoisotopic (exact) mass is 182 g/mol. The van der Waals surface area contributed by atoms with Crippen molar-refractivity contribution in [3.63, 3.8) is 0 Å². The van der Waals surface area contributed by atoms with Gasteiger partial charge in [0.2, 0.25) is 0 Å². The predicted molar refractivity (Wildman–Crippen MR) is 53.6 cm³/mol. The first kappa shape index (κ1) is 10.3. The van der Waals surface area contributed by atoms with Crippen molar-refractivity contribution in [3.8, 4) is 0 Å². The van der Waals surface area contributed by atoms with Crippen LogP contribution in [0.4, 0.5) is 0 Å². The minimum absolute atomic E-state index is 0.560. The number of nitrogens with zero attached hydrogens (tertiary/aromatic N) is 1. The Hall–Kier alpha value is -0.800. The van der Waals surface area contributed by atoms with Crippen LogP contribution in [0, 0.1) is 6.92 Å². The Labute approximate surface area is 79.4 Å². The Bertz CT molecular complexity index is 289. The molecule has 74 valence electrons. The second kappa shape index (κ2) is 3.52. The molecular formula is C10H18N2O. The molecule has 2 N–H and O–H groups in total. The number of aliphatic hydroxyl groups is 1. The minimum Gasteiger partial charge on any atom is -0.383 e. The predicted octanol–water partition coefficient (Wildman–Crippen LogP) is 0.760. The summed E-state index contributed by atoms with van der Waals surface area (Å²) in [6.45, 7) is 4.40. The van der Waals surface area contributed by atoms with Crippen molar-refractivity contribution in [2.75, 3.05) is 13.6 Å². The molecule has 0 amide bonds. The fraction of sp³-hybridized carbons (Fsp3) is 0.600. The first-order valence-electron chi connectivity index (χ1n) is 4.48. The van der Waals surface area contributed by atoms with E-state index in [1.807, 2.05) is 44.8 Å². The molecule has 13 heavy (non-hydrogen) atoms. The standard InChI is InChI=1S/C10H18N2O/c1-8-5-9(12(4)6-8)10(2,13)7-11-3/h5-6,11,13H,7H2,1-4H3. The van der Waals surface area contributed by atoms with Gasteiger partial charge in [-0.25, -0.2) is 0 Å². The van der Waals surface area contributed by atoms with Crippen LogP contribution >= 0.6 is 0 Å². The molecule has 1 atom stereocenters. The van der Waals surface area contributed by atoms with E-state index in [0.717, 1.165) is 5.69 Å². The number of likely N-dealkylation sites (N-methyl/N-ethyl adjacent to an activating group) is 1. The summed E-state index contributed by atoms with van der Waals surface area (Å²) in [7, 11) is 3.79. The summed E-state index contributed by atoms with van der Waals surface area (Å²) in [6.07, 6.45) is 2.01. The lowest BCUT2D eigenvalue weighted by molar-refractivity contribution is 0.0518. The fourth-order valence-electron chi connectivity index (χ4n) is 1.70. The average molecular weight is 182 g/mol. The molecule has 0 radical (unpaired) electrons. The van der Waals surface area contributed by atoms with Gasteiger partial charge < -0.3 is 15.0 Å². The Morgan fingerprint density at radius 1 is 1.62 bits per heavy atom. The molecule has 0 aliphatic heterocycles. The van der Waals surface area contributed by atoms with Crippen molar-refractivity contribution >= 4 is 0 Å². The summed E-state index contributed by atoms with van der Waals surface area (Å²) < 4.78 is 1.96. The molecule has 3 heteroatoms. The Morgan fingerprint density at radius 2 is 2.23 bits per heavy atom. The highest BCUT2D eigenvalue weighted by Crippen LogP contribution is 2.21. The molecule has 1 heterocycles. The zero-order valence-corrected chi connectivity index (χ0v) is 8.76. The van der Waals surface area contributed by atoms with E-state index in [9.17, 15) is 5.11 Å². The number of aromatic nitrogens is 1. The molecule has 0 saturated heterocycles. The van der Waals surface area contributed by atoms with Crippen LogP contribution in [0.5, 0.6) is 0 Å². The Balaban J connectivity index is 2.98. The molecule has 0 saturated carbocycles. The zero-order valence-electron chi connectivity index (χ0n) is 8.76. The average Bonchev–Trinajstić information content (AvgIpc) is 2.30. The number of hydrogen-bond acceptors (Lipinski definition) is 2. The SMILES string of the molecule is CNCC(C)(O)c1cc(C)cn1C. The van der Waals surface area contributed by atoms with Crippen LogP contribution in [0.25, 0.3) is 0 Å². The topological polar surface area (TPSA) is 37.2 Å². The van der Waals surface area contributed by atoms with E-state index < -0.39 is 5.60 Å². The van der Waals surface area contributed by atoms with Crippen LogP contribution in [-0.2, 0) is 12.6 Å². The second-order valence-electron chi connectivity index (χ2n) is 3.82. The normalized spacial score (nSPS) is 15.8. The van der Waals surface area contributed by atoms with Crippen LogP contribution in [0.3, 0.4) is 0 Å². The molecule has 1 rings (SSSR count). The summed E-state index contributed by atoms with van der Waals surface area (Å²) in [6, 6.07) is 2.01.